The predicted octanol–water partition coefficient (Wildman–Crippen LogP) is 3.59. The van der Waals surface area contributed by atoms with Gasteiger partial charge in [0.2, 0.25) is 5.91 Å². The lowest BCUT2D eigenvalue weighted by Gasteiger charge is -2.20. The van der Waals surface area contributed by atoms with E-state index in [1.807, 2.05) is 12.1 Å². The van der Waals surface area contributed by atoms with Crippen LogP contribution in [0.25, 0.3) is 10.9 Å². The topological polar surface area (TPSA) is 56.2 Å². The SMILES string of the molecule is [B][C@@H](C(=O)NCCCCCCn1ccc2cc(OC)ccc21)[C@@H]([B])c1cccnc1. The van der Waals surface area contributed by atoms with Crippen LogP contribution < -0.4 is 10.1 Å². The number of aromatic nitrogens is 2. The molecule has 1 aromatic carbocycles. The normalized spacial score (nSPS) is 13.1. The number of amides is 1. The van der Waals surface area contributed by atoms with Gasteiger partial charge in [0.05, 0.1) is 22.8 Å². The number of methoxy groups -OCH3 is 1. The van der Waals surface area contributed by atoms with E-state index in [9.17, 15) is 4.79 Å². The van der Waals surface area contributed by atoms with Crippen molar-refractivity contribution in [2.45, 2.75) is 43.9 Å². The Bertz CT molecular complexity index is 946. The lowest BCUT2D eigenvalue weighted by Crippen LogP contribution is -2.31. The summed E-state index contributed by atoms with van der Waals surface area (Å²) in [6, 6.07) is 11.9. The number of pyridine rings is 1. The van der Waals surface area contributed by atoms with Crippen molar-refractivity contribution in [3.05, 3.63) is 60.6 Å². The van der Waals surface area contributed by atoms with Crippen LogP contribution in [0.15, 0.2) is 55.0 Å². The molecule has 2 heterocycles. The van der Waals surface area contributed by atoms with E-state index < -0.39 is 11.6 Å². The zero-order valence-corrected chi connectivity index (χ0v) is 17.5. The Labute approximate surface area is 181 Å². The van der Waals surface area contributed by atoms with Gasteiger partial charge in [-0.25, -0.2) is 0 Å². The highest BCUT2D eigenvalue weighted by molar-refractivity contribution is 6.30. The van der Waals surface area contributed by atoms with E-state index in [4.69, 9.17) is 20.4 Å². The van der Waals surface area contributed by atoms with Crippen molar-refractivity contribution in [1.29, 1.82) is 0 Å². The van der Waals surface area contributed by atoms with Crippen LogP contribution in [0.4, 0.5) is 0 Å². The Hall–Kier alpha value is -2.69. The van der Waals surface area contributed by atoms with E-state index in [1.165, 1.54) is 10.9 Å². The molecule has 152 valence electrons. The second-order valence-corrected chi connectivity index (χ2v) is 7.48. The standard InChI is InChI=1S/C23H27B2N3O2/c1-30-19-8-9-20-17(15-19)10-14-28(20)13-5-3-2-4-12-27-23(29)22(25)21(24)18-7-6-11-26-16-18/h6-11,14-16,21-22H,2-5,12-13H2,1H3,(H,27,29)/t21-,22+/m0/s1. The van der Waals surface area contributed by atoms with Crippen molar-refractivity contribution < 1.29 is 9.53 Å². The van der Waals surface area contributed by atoms with Gasteiger partial charge in [0.15, 0.2) is 0 Å². The van der Waals surface area contributed by atoms with Gasteiger partial charge in [-0.05, 0) is 60.4 Å². The van der Waals surface area contributed by atoms with E-state index in [-0.39, 0.29) is 5.91 Å². The van der Waals surface area contributed by atoms with Crippen LogP contribution >= 0.6 is 0 Å². The Balaban J connectivity index is 1.32. The first-order valence-electron chi connectivity index (χ1n) is 10.4. The van der Waals surface area contributed by atoms with Crippen molar-refractivity contribution >= 4 is 32.5 Å². The summed E-state index contributed by atoms with van der Waals surface area (Å²) in [5.41, 5.74) is 1.98. The molecule has 4 radical (unpaired) electrons. The van der Waals surface area contributed by atoms with Crippen molar-refractivity contribution in [1.82, 2.24) is 14.9 Å². The van der Waals surface area contributed by atoms with Gasteiger partial charge in [-0.1, -0.05) is 18.9 Å². The number of rotatable bonds is 11. The highest BCUT2D eigenvalue weighted by Gasteiger charge is 2.20. The Morgan fingerprint density at radius 2 is 2.00 bits per heavy atom. The molecule has 3 rings (SSSR count). The van der Waals surface area contributed by atoms with E-state index in [0.717, 1.165) is 43.5 Å². The van der Waals surface area contributed by atoms with E-state index >= 15 is 0 Å². The number of nitrogens with zero attached hydrogens (tertiary/aromatic N) is 2. The van der Waals surface area contributed by atoms with Gasteiger partial charge in [0, 0.05) is 42.6 Å². The molecule has 0 aliphatic heterocycles. The molecular formula is C23H27B2N3O2. The quantitative estimate of drug-likeness (QED) is 0.396. The molecule has 2 aromatic heterocycles. The summed E-state index contributed by atoms with van der Waals surface area (Å²) in [6.07, 6.45) is 9.60. The van der Waals surface area contributed by atoms with Gasteiger partial charge < -0.3 is 14.6 Å². The second kappa shape index (κ2) is 10.9. The molecular weight excluding hydrogens is 372 g/mol. The fourth-order valence-corrected chi connectivity index (χ4v) is 3.53. The molecule has 0 saturated carbocycles. The number of carbonyl (C=O) groups is 1. The maximum atomic E-state index is 12.2. The van der Waals surface area contributed by atoms with E-state index in [0.29, 0.717) is 6.54 Å². The first kappa shape index (κ1) is 22.0. The van der Waals surface area contributed by atoms with Gasteiger partial charge in [0.25, 0.3) is 0 Å². The Morgan fingerprint density at radius 1 is 1.17 bits per heavy atom. The van der Waals surface area contributed by atoms with Gasteiger partial charge in [0.1, 0.15) is 5.75 Å². The van der Waals surface area contributed by atoms with Gasteiger partial charge in [-0.2, -0.15) is 0 Å². The average molecular weight is 399 g/mol. The summed E-state index contributed by atoms with van der Waals surface area (Å²) in [5.74, 6) is -0.686. The summed E-state index contributed by atoms with van der Waals surface area (Å²) in [6.45, 7) is 1.59. The number of fused-ring (bicyclic) bond motifs is 1. The highest BCUT2D eigenvalue weighted by Crippen LogP contribution is 2.23. The average Bonchev–Trinajstić information content (AvgIpc) is 3.19. The lowest BCUT2D eigenvalue weighted by atomic mass is 9.63. The third-order valence-electron chi connectivity index (χ3n) is 5.36. The number of nitrogens with one attached hydrogen (secondary N) is 1. The molecule has 5 nitrogen and oxygen atoms in total. The van der Waals surface area contributed by atoms with Crippen LogP contribution in [0.5, 0.6) is 5.75 Å². The minimum atomic E-state index is -0.783. The molecule has 1 N–H and O–H groups in total. The molecule has 2 atom stereocenters. The van der Waals surface area contributed by atoms with Crippen molar-refractivity contribution in [2.24, 2.45) is 0 Å². The smallest absolute Gasteiger partial charge is 0.214 e. The lowest BCUT2D eigenvalue weighted by molar-refractivity contribution is -0.121. The maximum absolute atomic E-state index is 12.2. The number of carbonyl (C=O) groups excluding carboxylic acids is 1. The molecule has 0 bridgehead atoms. The molecule has 3 aromatic rings. The molecule has 0 spiro atoms. The van der Waals surface area contributed by atoms with Crippen LogP contribution in [-0.4, -0.2) is 44.8 Å². The molecule has 1 amide bonds. The fraction of sp³-hybridized carbons (Fsp3) is 0.391. The third kappa shape index (κ3) is 5.68. The highest BCUT2D eigenvalue weighted by atomic mass is 16.5. The minimum absolute atomic E-state index is 0.222. The van der Waals surface area contributed by atoms with Crippen molar-refractivity contribution in [3.8, 4) is 5.75 Å². The summed E-state index contributed by atoms with van der Waals surface area (Å²) in [5, 5.41) is 4.08. The number of ether oxygens (including phenoxy) is 1. The van der Waals surface area contributed by atoms with Crippen LogP contribution in [-0.2, 0) is 11.3 Å². The maximum Gasteiger partial charge on any atom is 0.214 e. The Kier molecular flexibility index (Phi) is 8.00. The predicted molar refractivity (Wildman–Crippen MR) is 122 cm³/mol. The van der Waals surface area contributed by atoms with Crippen LogP contribution in [0.3, 0.4) is 0 Å². The minimum Gasteiger partial charge on any atom is -0.497 e. The van der Waals surface area contributed by atoms with Crippen LogP contribution in [0.1, 0.15) is 37.1 Å². The number of hydrogen-bond donors (Lipinski definition) is 1. The molecule has 0 aliphatic rings. The van der Waals surface area contributed by atoms with Crippen molar-refractivity contribution in [2.75, 3.05) is 13.7 Å². The molecule has 30 heavy (non-hydrogen) atoms. The van der Waals surface area contributed by atoms with E-state index in [2.05, 4.69) is 39.3 Å². The third-order valence-corrected chi connectivity index (χ3v) is 5.36. The number of hydrogen-bond acceptors (Lipinski definition) is 3. The molecule has 0 aliphatic carbocycles. The number of benzene rings is 1. The zero-order chi connectivity index (χ0) is 21.3. The van der Waals surface area contributed by atoms with Gasteiger partial charge in [-0.3, -0.25) is 9.78 Å². The summed E-state index contributed by atoms with van der Waals surface area (Å²) in [7, 11) is 13.8. The summed E-state index contributed by atoms with van der Waals surface area (Å²) >= 11 is 0. The molecule has 0 fully saturated rings. The fourth-order valence-electron chi connectivity index (χ4n) is 3.53. The first-order chi connectivity index (χ1) is 14.6. The van der Waals surface area contributed by atoms with Crippen molar-refractivity contribution in [3.63, 3.8) is 0 Å². The van der Waals surface area contributed by atoms with Gasteiger partial charge in [-0.15, -0.1) is 0 Å². The van der Waals surface area contributed by atoms with E-state index in [1.54, 1.807) is 25.6 Å². The zero-order valence-electron chi connectivity index (χ0n) is 17.5. The van der Waals surface area contributed by atoms with Crippen LogP contribution in [0, 0.1) is 0 Å². The Morgan fingerprint density at radius 3 is 2.77 bits per heavy atom. The molecule has 7 heteroatoms. The summed E-state index contributed by atoms with van der Waals surface area (Å²) in [4.78, 5) is 16.2. The van der Waals surface area contributed by atoms with Crippen LogP contribution in [0.2, 0.25) is 5.82 Å². The number of unbranched alkanes of at least 4 members (excludes halogenated alkanes) is 3. The monoisotopic (exact) mass is 399 g/mol. The molecule has 0 unspecified atom stereocenters. The van der Waals surface area contributed by atoms with Gasteiger partial charge >= 0.3 is 0 Å². The second-order valence-electron chi connectivity index (χ2n) is 7.48. The largest absolute Gasteiger partial charge is 0.497 e. The first-order valence-corrected chi connectivity index (χ1v) is 10.4. The molecule has 0 saturated heterocycles. The number of aryl methyl sites for hydroxylation is 1. The summed E-state index contributed by atoms with van der Waals surface area (Å²) < 4.78 is 7.55.